The van der Waals surface area contributed by atoms with Crippen LogP contribution in [0.15, 0.2) is 53.9 Å². The minimum atomic E-state index is -0.0561. The molecule has 0 bridgehead atoms. The van der Waals surface area contributed by atoms with Crippen LogP contribution < -0.4 is 10.2 Å². The molecule has 1 aromatic heterocycles. The summed E-state index contributed by atoms with van der Waals surface area (Å²) in [4.78, 5) is 22.1. The van der Waals surface area contributed by atoms with Crippen LogP contribution in [0.2, 0.25) is 5.02 Å². The lowest BCUT2D eigenvalue weighted by molar-refractivity contribution is -0.115. The summed E-state index contributed by atoms with van der Waals surface area (Å²) in [5.41, 5.74) is 3.85. The molecule has 0 unspecified atom stereocenters. The number of nitrogens with one attached hydrogen (secondary N) is 1. The van der Waals surface area contributed by atoms with E-state index in [0.717, 1.165) is 41.0 Å². The number of carbonyl (C=O) groups excluding carboxylic acids is 1. The number of carbonyl (C=O) groups is 1. The van der Waals surface area contributed by atoms with E-state index >= 15 is 0 Å². The summed E-state index contributed by atoms with van der Waals surface area (Å²) in [6, 6.07) is 16.4. The number of hydrogen-bond acceptors (Lipinski definition) is 5. The topological polar surface area (TPSA) is 48.5 Å². The highest BCUT2D eigenvalue weighted by atomic mass is 35.5. The second kappa shape index (κ2) is 8.61. The Hall–Kier alpha value is -2.41. The minimum Gasteiger partial charge on any atom is -0.367 e. The summed E-state index contributed by atoms with van der Waals surface area (Å²) in [6.07, 6.45) is 1.52. The molecule has 3 heterocycles. The van der Waals surface area contributed by atoms with Crippen molar-refractivity contribution in [1.82, 2.24) is 9.88 Å². The van der Waals surface area contributed by atoms with Gasteiger partial charge < -0.3 is 15.1 Å². The molecule has 1 N–H and O–H groups in total. The maximum Gasteiger partial charge on any atom is 0.230 e. The van der Waals surface area contributed by atoms with E-state index in [1.807, 2.05) is 41.8 Å². The van der Waals surface area contributed by atoms with E-state index in [9.17, 15) is 4.79 Å². The van der Waals surface area contributed by atoms with Gasteiger partial charge in [-0.1, -0.05) is 23.7 Å². The van der Waals surface area contributed by atoms with Crippen molar-refractivity contribution in [2.24, 2.45) is 5.92 Å². The molecule has 2 fully saturated rings. The van der Waals surface area contributed by atoms with Gasteiger partial charge in [0.2, 0.25) is 5.91 Å². The zero-order chi connectivity index (χ0) is 21.4. The summed E-state index contributed by atoms with van der Waals surface area (Å²) in [5.74, 6) is 0.722. The van der Waals surface area contributed by atoms with E-state index in [4.69, 9.17) is 11.6 Å². The van der Waals surface area contributed by atoms with Crippen molar-refractivity contribution in [2.75, 3.05) is 36.9 Å². The molecule has 3 aromatic rings. The van der Waals surface area contributed by atoms with E-state index in [2.05, 4.69) is 39.3 Å². The molecule has 2 aliphatic rings. The Labute approximate surface area is 191 Å². The zero-order valence-electron chi connectivity index (χ0n) is 17.4. The normalized spacial score (nSPS) is 20.8. The summed E-state index contributed by atoms with van der Waals surface area (Å²) in [5, 5.41) is 6.53. The molecule has 160 valence electrons. The molecule has 2 saturated heterocycles. The smallest absolute Gasteiger partial charge is 0.230 e. The van der Waals surface area contributed by atoms with Gasteiger partial charge in [-0.3, -0.25) is 4.79 Å². The fourth-order valence-corrected chi connectivity index (χ4v) is 5.66. The first-order chi connectivity index (χ1) is 15.0. The van der Waals surface area contributed by atoms with Crippen LogP contribution >= 0.6 is 22.9 Å². The number of anilines is 2. The third-order valence-electron chi connectivity index (χ3n) is 6.20. The Morgan fingerprint density at radius 1 is 1.16 bits per heavy atom. The Kier molecular flexibility index (Phi) is 5.69. The van der Waals surface area contributed by atoms with Gasteiger partial charge in [0.25, 0.3) is 0 Å². The van der Waals surface area contributed by atoms with Gasteiger partial charge in [-0.25, -0.2) is 4.98 Å². The number of halogens is 1. The van der Waals surface area contributed by atoms with Crippen LogP contribution in [0.1, 0.15) is 12.1 Å². The highest BCUT2D eigenvalue weighted by Crippen LogP contribution is 2.35. The SMILES string of the molecule is CN1C[C@@H]2CCN(c3ccc(NC(=O)Cc4csc(-c5ccc(Cl)cc5)n4)cc3)[C@@H]2C1. The first-order valence-electron chi connectivity index (χ1n) is 10.6. The highest BCUT2D eigenvalue weighted by molar-refractivity contribution is 7.13. The van der Waals surface area contributed by atoms with Crippen molar-refractivity contribution in [3.63, 3.8) is 0 Å². The van der Waals surface area contributed by atoms with Crippen LogP contribution in [0.3, 0.4) is 0 Å². The average Bonchev–Trinajstić information content (AvgIpc) is 3.45. The van der Waals surface area contributed by atoms with Crippen LogP contribution in [0, 0.1) is 5.92 Å². The lowest BCUT2D eigenvalue weighted by Crippen LogP contribution is -2.34. The molecule has 0 aliphatic carbocycles. The molecular formula is C24H25ClN4OS. The molecule has 2 aliphatic heterocycles. The van der Waals surface area contributed by atoms with E-state index in [-0.39, 0.29) is 12.3 Å². The lowest BCUT2D eigenvalue weighted by Gasteiger charge is -2.26. The molecule has 5 nitrogen and oxygen atoms in total. The number of nitrogens with zero attached hydrogens (tertiary/aromatic N) is 3. The van der Waals surface area contributed by atoms with Gasteiger partial charge in [0.1, 0.15) is 5.01 Å². The molecule has 0 spiro atoms. The van der Waals surface area contributed by atoms with Crippen molar-refractivity contribution in [3.05, 3.63) is 64.6 Å². The van der Waals surface area contributed by atoms with Crippen molar-refractivity contribution in [3.8, 4) is 10.6 Å². The number of aromatic nitrogens is 1. The van der Waals surface area contributed by atoms with Crippen LogP contribution in [-0.4, -0.2) is 48.5 Å². The van der Waals surface area contributed by atoms with Crippen LogP contribution in [0.4, 0.5) is 11.4 Å². The number of amides is 1. The van der Waals surface area contributed by atoms with Crippen LogP contribution in [0.5, 0.6) is 0 Å². The molecule has 1 amide bonds. The van der Waals surface area contributed by atoms with Gasteiger partial charge >= 0.3 is 0 Å². The largest absolute Gasteiger partial charge is 0.367 e. The molecule has 31 heavy (non-hydrogen) atoms. The lowest BCUT2D eigenvalue weighted by atomic mass is 10.0. The Bertz CT molecular complexity index is 1070. The first-order valence-corrected chi connectivity index (χ1v) is 11.9. The third-order valence-corrected chi connectivity index (χ3v) is 7.39. The number of fused-ring (bicyclic) bond motifs is 1. The van der Waals surface area contributed by atoms with Gasteiger partial charge in [0.15, 0.2) is 0 Å². The summed E-state index contributed by atoms with van der Waals surface area (Å²) < 4.78 is 0. The van der Waals surface area contributed by atoms with Gasteiger partial charge in [0.05, 0.1) is 12.1 Å². The van der Waals surface area contributed by atoms with E-state index in [0.29, 0.717) is 11.1 Å². The Morgan fingerprint density at radius 3 is 2.71 bits per heavy atom. The third kappa shape index (κ3) is 4.47. The molecule has 7 heteroatoms. The van der Waals surface area contributed by atoms with Gasteiger partial charge in [-0.2, -0.15) is 0 Å². The maximum atomic E-state index is 12.5. The molecule has 5 rings (SSSR count). The zero-order valence-corrected chi connectivity index (χ0v) is 19.0. The molecule has 2 atom stereocenters. The fourth-order valence-electron chi connectivity index (χ4n) is 4.71. The number of rotatable bonds is 5. The fraction of sp³-hybridized carbons (Fsp3) is 0.333. The predicted octanol–water partition coefficient (Wildman–Crippen LogP) is 4.79. The van der Waals surface area contributed by atoms with Crippen LogP contribution in [-0.2, 0) is 11.2 Å². The van der Waals surface area contributed by atoms with Crippen LogP contribution in [0.25, 0.3) is 10.6 Å². The Morgan fingerprint density at radius 2 is 1.94 bits per heavy atom. The van der Waals surface area contributed by atoms with Crippen molar-refractivity contribution in [2.45, 2.75) is 18.9 Å². The summed E-state index contributed by atoms with van der Waals surface area (Å²) >= 11 is 7.49. The summed E-state index contributed by atoms with van der Waals surface area (Å²) in [6.45, 7) is 3.45. The number of benzene rings is 2. The van der Waals surface area contributed by atoms with E-state index in [1.165, 1.54) is 30.0 Å². The number of hydrogen-bond donors (Lipinski definition) is 1. The maximum absolute atomic E-state index is 12.5. The second-order valence-electron chi connectivity index (χ2n) is 8.45. The van der Waals surface area contributed by atoms with Crippen molar-refractivity contribution >= 4 is 40.2 Å². The highest BCUT2D eigenvalue weighted by Gasteiger charge is 2.39. The van der Waals surface area contributed by atoms with Gasteiger partial charge in [0, 0.05) is 53.0 Å². The molecule has 2 aromatic carbocycles. The standard InChI is InChI=1S/C24H25ClN4OS/c1-28-13-17-10-11-29(22(17)14-28)21-8-6-19(7-9-21)26-23(30)12-20-15-31-24(27-20)16-2-4-18(25)5-3-16/h2-9,15,17,22H,10-14H2,1H3,(H,26,30)/t17-,22+/m0/s1. The Balaban J connectivity index is 1.19. The minimum absolute atomic E-state index is 0.0561. The first kappa shape index (κ1) is 20.5. The van der Waals surface area contributed by atoms with E-state index < -0.39 is 0 Å². The van der Waals surface area contributed by atoms with Crippen molar-refractivity contribution < 1.29 is 4.79 Å². The number of likely N-dealkylation sites (N-methyl/N-ethyl adjacent to an activating group) is 1. The van der Waals surface area contributed by atoms with E-state index in [1.54, 1.807) is 0 Å². The van der Waals surface area contributed by atoms with Gasteiger partial charge in [-0.15, -0.1) is 11.3 Å². The number of thiazole rings is 1. The average molecular weight is 453 g/mol. The van der Waals surface area contributed by atoms with Crippen molar-refractivity contribution in [1.29, 1.82) is 0 Å². The molecule has 0 radical (unpaired) electrons. The predicted molar refractivity (Wildman–Crippen MR) is 128 cm³/mol. The monoisotopic (exact) mass is 452 g/mol. The molecule has 0 saturated carbocycles. The summed E-state index contributed by atoms with van der Waals surface area (Å²) in [7, 11) is 2.20. The quantitative estimate of drug-likeness (QED) is 0.605. The number of likely N-dealkylation sites (tertiary alicyclic amines) is 1. The molecular weight excluding hydrogens is 428 g/mol. The van der Waals surface area contributed by atoms with Gasteiger partial charge in [-0.05, 0) is 55.8 Å². The second-order valence-corrected chi connectivity index (χ2v) is 9.75.